The fourth-order valence-corrected chi connectivity index (χ4v) is 12.2. The molecule has 0 radical (unpaired) electrons. The molecule has 0 saturated heterocycles. The fourth-order valence-electron chi connectivity index (χ4n) is 10.6. The van der Waals surface area contributed by atoms with Gasteiger partial charge in [0, 0.05) is 25.7 Å². The average Bonchev–Trinajstić information content (AvgIpc) is 0.926. The van der Waals surface area contributed by atoms with E-state index in [0.29, 0.717) is 25.7 Å². The quantitative estimate of drug-likeness (QED) is 0.0169. The number of phosphoric acid groups is 2. The zero-order valence-electron chi connectivity index (χ0n) is 64.3. The van der Waals surface area contributed by atoms with Crippen LogP contribution in [0.5, 0.6) is 0 Å². The molecule has 0 amide bonds. The van der Waals surface area contributed by atoms with E-state index in [0.717, 1.165) is 205 Å². The molecule has 19 heteroatoms. The van der Waals surface area contributed by atoms with Crippen LogP contribution in [0.2, 0.25) is 0 Å². The van der Waals surface area contributed by atoms with Crippen molar-refractivity contribution in [3.05, 3.63) is 109 Å². The minimum absolute atomic E-state index is 0.0802. The van der Waals surface area contributed by atoms with Crippen molar-refractivity contribution >= 4 is 39.5 Å². The predicted octanol–water partition coefficient (Wildman–Crippen LogP) is 23.3. The first-order valence-electron chi connectivity index (χ1n) is 40.1. The van der Waals surface area contributed by atoms with Crippen LogP contribution in [0.25, 0.3) is 0 Å². The van der Waals surface area contributed by atoms with Crippen molar-refractivity contribution < 1.29 is 80.2 Å². The summed E-state index contributed by atoms with van der Waals surface area (Å²) in [6.45, 7) is 4.59. The summed E-state index contributed by atoms with van der Waals surface area (Å²) in [6, 6.07) is 0. The van der Waals surface area contributed by atoms with Gasteiger partial charge in [0.25, 0.3) is 0 Å². The Morgan fingerprint density at radius 2 is 0.520 bits per heavy atom. The first-order valence-corrected chi connectivity index (χ1v) is 43.1. The third-order valence-corrected chi connectivity index (χ3v) is 18.6. The lowest BCUT2D eigenvalue weighted by Crippen LogP contribution is -2.30. The Morgan fingerprint density at radius 3 is 0.824 bits per heavy atom. The van der Waals surface area contributed by atoms with Crippen molar-refractivity contribution in [1.82, 2.24) is 0 Å². The molecule has 0 rings (SSSR count). The van der Waals surface area contributed by atoms with Crippen molar-refractivity contribution in [2.75, 3.05) is 39.6 Å². The third-order valence-electron chi connectivity index (χ3n) is 16.7. The Bertz CT molecular complexity index is 2360. The Labute approximate surface area is 619 Å². The van der Waals surface area contributed by atoms with Gasteiger partial charge >= 0.3 is 39.5 Å². The van der Waals surface area contributed by atoms with Crippen LogP contribution in [0.1, 0.15) is 336 Å². The van der Waals surface area contributed by atoms with E-state index in [1.165, 1.54) is 51.4 Å². The number of carbonyl (C=O) groups excluding carboxylic acids is 4. The van der Waals surface area contributed by atoms with E-state index in [1.807, 2.05) is 0 Å². The van der Waals surface area contributed by atoms with E-state index in [-0.39, 0.29) is 25.7 Å². The number of aliphatic hydroxyl groups excluding tert-OH is 1. The molecule has 3 N–H and O–H groups in total. The maximum absolute atomic E-state index is 13.1. The van der Waals surface area contributed by atoms with Gasteiger partial charge < -0.3 is 33.8 Å². The Balaban J connectivity index is 5.33. The second-order valence-electron chi connectivity index (χ2n) is 26.6. The molecule has 0 aromatic heterocycles. The van der Waals surface area contributed by atoms with Gasteiger partial charge in [-0.1, -0.05) is 278 Å². The molecule has 0 aliphatic heterocycles. The molecule has 588 valence electrons. The number of rotatable bonds is 75. The molecule has 102 heavy (non-hydrogen) atoms. The first kappa shape index (κ1) is 97.7. The monoisotopic (exact) mass is 1470 g/mol. The van der Waals surface area contributed by atoms with E-state index in [4.69, 9.17) is 37.0 Å². The molecule has 17 nitrogen and oxygen atoms in total. The van der Waals surface area contributed by atoms with Crippen molar-refractivity contribution in [2.24, 2.45) is 0 Å². The molecule has 0 saturated carbocycles. The first-order chi connectivity index (χ1) is 49.7. The van der Waals surface area contributed by atoms with Crippen LogP contribution in [0.3, 0.4) is 0 Å². The second-order valence-corrected chi connectivity index (χ2v) is 29.5. The fraction of sp³-hybridized carbons (Fsp3) is 0.735. The van der Waals surface area contributed by atoms with Gasteiger partial charge in [0.15, 0.2) is 12.2 Å². The zero-order valence-corrected chi connectivity index (χ0v) is 66.0. The number of unbranched alkanes of at least 4 members (excludes halogenated alkanes) is 31. The van der Waals surface area contributed by atoms with Crippen LogP contribution < -0.4 is 0 Å². The SMILES string of the molecule is CC/C=C\C/C=C\C/C=C\C/C=C\CCCCCCCCC(=O)OCC(COP(=O)(O)OCC(O)COP(=O)(O)OCC(COC(=O)CCCCCCCCC/C=C\C/C=C\C/C=C\CC)OC(=O)CCCCCCC/C=C\CCCCCCCC)OC(=O)CCCCCCC/C=C\CCCC. The van der Waals surface area contributed by atoms with Crippen molar-refractivity contribution in [1.29, 1.82) is 0 Å². The lowest BCUT2D eigenvalue weighted by Gasteiger charge is -2.21. The highest BCUT2D eigenvalue weighted by Gasteiger charge is 2.30. The van der Waals surface area contributed by atoms with Crippen molar-refractivity contribution in [3.8, 4) is 0 Å². The Hall–Kier alpha value is -4.28. The van der Waals surface area contributed by atoms with Gasteiger partial charge in [0.05, 0.1) is 26.4 Å². The number of ether oxygens (including phenoxy) is 4. The van der Waals surface area contributed by atoms with Crippen molar-refractivity contribution in [3.63, 3.8) is 0 Å². The summed E-state index contributed by atoms with van der Waals surface area (Å²) in [5.74, 6) is -2.21. The lowest BCUT2D eigenvalue weighted by molar-refractivity contribution is -0.161. The van der Waals surface area contributed by atoms with E-state index < -0.39 is 97.5 Å². The topological polar surface area (TPSA) is 237 Å². The molecule has 0 aliphatic rings. The summed E-state index contributed by atoms with van der Waals surface area (Å²) in [6.07, 6.45) is 80.7. The maximum Gasteiger partial charge on any atom is 0.472 e. The van der Waals surface area contributed by atoms with E-state index >= 15 is 0 Å². The molecule has 0 heterocycles. The van der Waals surface area contributed by atoms with Crippen LogP contribution in [0, 0.1) is 0 Å². The molecule has 0 fully saturated rings. The Kier molecular flexibility index (Phi) is 71.8. The van der Waals surface area contributed by atoms with Gasteiger partial charge in [-0.05, 0) is 141 Å². The number of hydrogen-bond acceptors (Lipinski definition) is 15. The molecule has 0 aromatic carbocycles. The molecule has 5 unspecified atom stereocenters. The van der Waals surface area contributed by atoms with Gasteiger partial charge in [-0.25, -0.2) is 9.13 Å². The minimum Gasteiger partial charge on any atom is -0.462 e. The number of aliphatic hydroxyl groups is 1. The van der Waals surface area contributed by atoms with Gasteiger partial charge in [0.2, 0.25) is 0 Å². The van der Waals surface area contributed by atoms with Crippen molar-refractivity contribution in [2.45, 2.75) is 354 Å². The predicted molar refractivity (Wildman–Crippen MR) is 418 cm³/mol. The normalized spacial score (nSPS) is 14.5. The maximum atomic E-state index is 13.1. The van der Waals surface area contributed by atoms with E-state index in [9.17, 15) is 43.2 Å². The van der Waals surface area contributed by atoms with E-state index in [2.05, 4.69) is 137 Å². The van der Waals surface area contributed by atoms with E-state index in [1.54, 1.807) is 0 Å². The van der Waals surface area contributed by atoms with Crippen LogP contribution in [-0.4, -0.2) is 96.7 Å². The molecule has 0 spiro atoms. The minimum atomic E-state index is -4.98. The molecule has 0 aliphatic carbocycles. The summed E-state index contributed by atoms with van der Waals surface area (Å²) >= 11 is 0. The van der Waals surface area contributed by atoms with Gasteiger partial charge in [-0.15, -0.1) is 0 Å². The van der Waals surface area contributed by atoms with Crippen LogP contribution in [-0.2, 0) is 65.4 Å². The van der Waals surface area contributed by atoms with Crippen LogP contribution in [0.15, 0.2) is 109 Å². The molecular formula is C83H144O17P2. The molecule has 0 aromatic rings. The molecule has 0 bridgehead atoms. The Morgan fingerprint density at radius 1 is 0.284 bits per heavy atom. The summed E-state index contributed by atoms with van der Waals surface area (Å²) < 4.78 is 68.6. The summed E-state index contributed by atoms with van der Waals surface area (Å²) in [4.78, 5) is 73.0. The summed E-state index contributed by atoms with van der Waals surface area (Å²) in [7, 11) is -9.96. The highest BCUT2D eigenvalue weighted by molar-refractivity contribution is 7.47. The molecular weight excluding hydrogens is 1330 g/mol. The van der Waals surface area contributed by atoms with Gasteiger partial charge in [-0.2, -0.15) is 0 Å². The zero-order chi connectivity index (χ0) is 74.6. The highest BCUT2D eigenvalue weighted by atomic mass is 31.2. The summed E-state index contributed by atoms with van der Waals surface area (Å²) in [5, 5.41) is 10.6. The lowest BCUT2D eigenvalue weighted by atomic mass is 10.1. The van der Waals surface area contributed by atoms with Crippen LogP contribution >= 0.6 is 15.6 Å². The molecule has 5 atom stereocenters. The van der Waals surface area contributed by atoms with Crippen LogP contribution in [0.4, 0.5) is 0 Å². The number of allylic oxidation sites excluding steroid dienone is 18. The average molecular weight is 1480 g/mol. The summed E-state index contributed by atoms with van der Waals surface area (Å²) in [5.41, 5.74) is 0. The highest BCUT2D eigenvalue weighted by Crippen LogP contribution is 2.45. The number of esters is 4. The van der Waals surface area contributed by atoms with Gasteiger partial charge in [0.1, 0.15) is 19.3 Å². The second kappa shape index (κ2) is 75.0. The number of carbonyl (C=O) groups is 4. The smallest absolute Gasteiger partial charge is 0.462 e. The number of hydrogen-bond donors (Lipinski definition) is 3. The van der Waals surface area contributed by atoms with Gasteiger partial charge in [-0.3, -0.25) is 37.3 Å². The largest absolute Gasteiger partial charge is 0.472 e. The standard InChI is InChI=1S/C83H144O17P2/c1-5-9-13-17-21-25-29-32-35-37-38-40-43-45-49-52-56-60-64-68-80(85)93-73-78(99-82(87)69-65-61-57-53-47-28-24-20-16-12-8-4)75-97-101(89,90)95-71-77(84)72-96-102(91,92)98-76-79(100-83(88)70-66-62-58-54-50-46-41-34-31-27-23-19-15-11-7-3)74-94-81(86)67-63-59-55-51-48-44-42-39-36-33-30-26-22-18-14-10-6-2/h9-10,13-14,20-22,24-26,32-36,38,40-41,77-79,84H,5-8,11-12,15-19,23,27-31,37,39,42-76H2,1-4H3,(H,89,90)(H,91,92)/b13-9-,14-10-,24-20-,25-21-,26-22-,35-32-,36-33-,40-38-,41-34-. The third kappa shape index (κ3) is 74.0. The number of phosphoric ester groups is 2.